The molecule has 0 saturated heterocycles. The first-order valence-corrected chi connectivity index (χ1v) is 9.36. The van der Waals surface area contributed by atoms with Crippen LogP contribution in [0.2, 0.25) is 5.02 Å². The second-order valence-electron chi connectivity index (χ2n) is 5.32. The Morgan fingerprint density at radius 1 is 1.29 bits per heavy atom. The van der Waals surface area contributed by atoms with Crippen molar-refractivity contribution in [2.24, 2.45) is 0 Å². The van der Waals surface area contributed by atoms with Crippen molar-refractivity contribution < 1.29 is 0 Å². The molecule has 0 amide bonds. The average Bonchev–Trinajstić information content (AvgIpc) is 2.50. The maximum absolute atomic E-state index is 6.22. The van der Waals surface area contributed by atoms with Gasteiger partial charge < -0.3 is 5.32 Å². The van der Waals surface area contributed by atoms with E-state index in [9.17, 15) is 0 Å². The maximum atomic E-state index is 6.22. The third-order valence-corrected chi connectivity index (χ3v) is 5.10. The summed E-state index contributed by atoms with van der Waals surface area (Å²) in [5.41, 5.74) is 0. The largest absolute Gasteiger partial charge is 0.313 e. The van der Waals surface area contributed by atoms with E-state index < -0.39 is 0 Å². The van der Waals surface area contributed by atoms with E-state index in [1.54, 1.807) is 0 Å². The van der Waals surface area contributed by atoms with Gasteiger partial charge in [0.2, 0.25) is 0 Å². The SMILES string of the molecule is C=CCCCCCC(CSc1ccccc1Cl)NCCC. The zero-order valence-electron chi connectivity index (χ0n) is 13.1. The summed E-state index contributed by atoms with van der Waals surface area (Å²) in [6.45, 7) is 7.09. The minimum atomic E-state index is 0.579. The molecule has 1 rings (SSSR count). The molecule has 1 N–H and O–H groups in total. The maximum Gasteiger partial charge on any atom is 0.0541 e. The van der Waals surface area contributed by atoms with Crippen LogP contribution in [0.3, 0.4) is 0 Å². The van der Waals surface area contributed by atoms with Gasteiger partial charge in [-0.25, -0.2) is 0 Å². The first kappa shape index (κ1) is 18.6. The first-order chi connectivity index (χ1) is 10.3. The fourth-order valence-electron chi connectivity index (χ4n) is 2.20. The average molecular weight is 326 g/mol. The normalized spacial score (nSPS) is 12.3. The lowest BCUT2D eigenvalue weighted by Gasteiger charge is -2.18. The van der Waals surface area contributed by atoms with Crippen molar-refractivity contribution >= 4 is 23.4 Å². The monoisotopic (exact) mass is 325 g/mol. The third-order valence-electron chi connectivity index (χ3n) is 3.42. The zero-order valence-corrected chi connectivity index (χ0v) is 14.7. The van der Waals surface area contributed by atoms with Crippen molar-refractivity contribution in [3.63, 3.8) is 0 Å². The van der Waals surface area contributed by atoms with Crippen LogP contribution in [-0.4, -0.2) is 18.3 Å². The Labute approximate surface area is 139 Å². The zero-order chi connectivity index (χ0) is 15.3. The van der Waals surface area contributed by atoms with Gasteiger partial charge in [-0.3, -0.25) is 0 Å². The number of hydrogen-bond acceptors (Lipinski definition) is 2. The Hall–Kier alpha value is -0.440. The van der Waals surface area contributed by atoms with E-state index in [1.165, 1.54) is 37.0 Å². The van der Waals surface area contributed by atoms with E-state index in [-0.39, 0.29) is 0 Å². The van der Waals surface area contributed by atoms with Gasteiger partial charge in [0, 0.05) is 16.7 Å². The number of unbranched alkanes of at least 4 members (excludes halogenated alkanes) is 3. The molecule has 1 aromatic carbocycles. The van der Waals surface area contributed by atoms with Gasteiger partial charge in [0.05, 0.1) is 5.02 Å². The van der Waals surface area contributed by atoms with Gasteiger partial charge in [-0.15, -0.1) is 18.3 Å². The number of benzene rings is 1. The van der Waals surface area contributed by atoms with Crippen LogP contribution in [0.4, 0.5) is 0 Å². The van der Waals surface area contributed by atoms with E-state index >= 15 is 0 Å². The van der Waals surface area contributed by atoms with Crippen LogP contribution < -0.4 is 5.32 Å². The number of allylic oxidation sites excluding steroid dienone is 1. The summed E-state index contributed by atoms with van der Waals surface area (Å²) < 4.78 is 0. The second kappa shape index (κ2) is 12.1. The Balaban J connectivity index is 2.34. The summed E-state index contributed by atoms with van der Waals surface area (Å²) in [6, 6.07) is 8.69. The molecular formula is C18H28ClNS. The molecule has 0 heterocycles. The molecule has 21 heavy (non-hydrogen) atoms. The third kappa shape index (κ3) is 8.55. The van der Waals surface area contributed by atoms with Crippen molar-refractivity contribution in [2.75, 3.05) is 12.3 Å². The van der Waals surface area contributed by atoms with Gasteiger partial charge in [0.1, 0.15) is 0 Å². The summed E-state index contributed by atoms with van der Waals surface area (Å²) in [6.07, 6.45) is 9.44. The molecule has 0 aliphatic rings. The Kier molecular flexibility index (Phi) is 10.8. The minimum absolute atomic E-state index is 0.579. The second-order valence-corrected chi connectivity index (χ2v) is 6.79. The molecule has 0 aliphatic carbocycles. The van der Waals surface area contributed by atoms with Crippen LogP contribution in [0.1, 0.15) is 45.4 Å². The lowest BCUT2D eigenvalue weighted by Crippen LogP contribution is -2.31. The molecule has 1 aromatic rings. The van der Waals surface area contributed by atoms with Gasteiger partial charge in [-0.05, 0) is 44.4 Å². The molecule has 0 fully saturated rings. The van der Waals surface area contributed by atoms with Crippen molar-refractivity contribution in [3.05, 3.63) is 41.9 Å². The van der Waals surface area contributed by atoms with Crippen LogP contribution in [-0.2, 0) is 0 Å². The summed E-state index contributed by atoms with van der Waals surface area (Å²) >= 11 is 8.09. The summed E-state index contributed by atoms with van der Waals surface area (Å²) in [5.74, 6) is 1.09. The molecule has 0 saturated carbocycles. The van der Waals surface area contributed by atoms with E-state index in [0.717, 1.165) is 23.7 Å². The predicted octanol–water partition coefficient (Wildman–Crippen LogP) is 5.94. The van der Waals surface area contributed by atoms with Gasteiger partial charge in [-0.2, -0.15) is 0 Å². The molecule has 118 valence electrons. The first-order valence-electron chi connectivity index (χ1n) is 7.99. The summed E-state index contributed by atoms with van der Waals surface area (Å²) in [5, 5.41) is 4.53. The van der Waals surface area contributed by atoms with E-state index in [1.807, 2.05) is 30.0 Å². The molecule has 0 radical (unpaired) electrons. The van der Waals surface area contributed by atoms with E-state index in [0.29, 0.717) is 6.04 Å². The number of halogens is 1. The number of hydrogen-bond donors (Lipinski definition) is 1. The summed E-state index contributed by atoms with van der Waals surface area (Å²) in [4.78, 5) is 1.19. The van der Waals surface area contributed by atoms with E-state index in [2.05, 4.69) is 31.0 Å². The highest BCUT2D eigenvalue weighted by molar-refractivity contribution is 7.99. The fraction of sp³-hybridized carbons (Fsp3) is 0.556. The van der Waals surface area contributed by atoms with Gasteiger partial charge in [0.15, 0.2) is 0 Å². The molecule has 0 aliphatic heterocycles. The molecule has 0 bridgehead atoms. The molecule has 1 atom stereocenters. The van der Waals surface area contributed by atoms with Crippen LogP contribution in [0.25, 0.3) is 0 Å². The van der Waals surface area contributed by atoms with Crippen molar-refractivity contribution in [2.45, 2.75) is 56.4 Å². The molecule has 1 nitrogen and oxygen atoms in total. The summed E-state index contributed by atoms with van der Waals surface area (Å²) in [7, 11) is 0. The Morgan fingerprint density at radius 3 is 2.81 bits per heavy atom. The highest BCUT2D eigenvalue weighted by atomic mass is 35.5. The highest BCUT2D eigenvalue weighted by Crippen LogP contribution is 2.27. The number of rotatable bonds is 12. The lowest BCUT2D eigenvalue weighted by atomic mass is 10.1. The number of thioether (sulfide) groups is 1. The lowest BCUT2D eigenvalue weighted by molar-refractivity contribution is 0.490. The molecule has 1 unspecified atom stereocenters. The standard InChI is InChI=1S/C18H28ClNS/c1-3-5-6-7-8-11-16(20-14-4-2)15-21-18-13-10-9-12-17(18)19/h3,9-10,12-13,16,20H,1,4-8,11,14-15H2,2H3. The topological polar surface area (TPSA) is 12.0 Å². The minimum Gasteiger partial charge on any atom is -0.313 e. The quantitative estimate of drug-likeness (QED) is 0.290. The van der Waals surface area contributed by atoms with Crippen molar-refractivity contribution in [1.82, 2.24) is 5.32 Å². The van der Waals surface area contributed by atoms with Crippen LogP contribution in [0.5, 0.6) is 0 Å². The van der Waals surface area contributed by atoms with Crippen molar-refractivity contribution in [3.8, 4) is 0 Å². The smallest absolute Gasteiger partial charge is 0.0541 e. The molecular weight excluding hydrogens is 298 g/mol. The van der Waals surface area contributed by atoms with Gasteiger partial charge >= 0.3 is 0 Å². The van der Waals surface area contributed by atoms with Crippen molar-refractivity contribution in [1.29, 1.82) is 0 Å². The van der Waals surface area contributed by atoms with Crippen LogP contribution in [0, 0.1) is 0 Å². The number of nitrogens with one attached hydrogen (secondary N) is 1. The molecule has 0 aromatic heterocycles. The van der Waals surface area contributed by atoms with Gasteiger partial charge in [-0.1, -0.05) is 49.6 Å². The fourth-order valence-corrected chi connectivity index (χ4v) is 3.55. The molecule has 0 spiro atoms. The Bertz CT molecular complexity index is 395. The predicted molar refractivity (Wildman–Crippen MR) is 97.5 cm³/mol. The van der Waals surface area contributed by atoms with Gasteiger partial charge in [0.25, 0.3) is 0 Å². The Morgan fingerprint density at radius 2 is 2.10 bits per heavy atom. The van der Waals surface area contributed by atoms with Crippen LogP contribution in [0.15, 0.2) is 41.8 Å². The molecule has 3 heteroatoms. The van der Waals surface area contributed by atoms with E-state index in [4.69, 9.17) is 11.6 Å². The highest BCUT2D eigenvalue weighted by Gasteiger charge is 2.09. The van der Waals surface area contributed by atoms with Crippen LogP contribution >= 0.6 is 23.4 Å².